The Kier molecular flexibility index (Phi) is 6.26. The first kappa shape index (κ1) is 14.2. The third kappa shape index (κ3) is 3.35. The number of methoxy groups -OCH3 is 3. The quantitative estimate of drug-likeness (QED) is 0.183. The fourth-order valence-corrected chi connectivity index (χ4v) is 1.62. The van der Waals surface area contributed by atoms with Gasteiger partial charge in [0, 0.05) is 19.1 Å². The van der Waals surface area contributed by atoms with Crippen molar-refractivity contribution in [2.75, 3.05) is 27.9 Å². The molecule has 0 spiro atoms. The number of esters is 1. The number of ether oxygens (including phenoxy) is 3. The van der Waals surface area contributed by atoms with Crippen LogP contribution in [0, 0.1) is 0 Å². The van der Waals surface area contributed by atoms with E-state index in [1.807, 2.05) is 0 Å². The number of azide groups is 1. The first-order valence-corrected chi connectivity index (χ1v) is 4.82. The number of rotatable bonds is 6. The molecule has 0 amide bonds. The van der Waals surface area contributed by atoms with E-state index in [9.17, 15) is 4.79 Å². The Hall–Kier alpha value is -0.820. The minimum atomic E-state index is -1.36. The summed E-state index contributed by atoms with van der Waals surface area (Å²) in [6.07, 6.45) is 0. The molecule has 0 N–H and O–H groups in total. The number of hydrogen-bond donors (Lipinski definition) is 0. The second kappa shape index (κ2) is 6.62. The summed E-state index contributed by atoms with van der Waals surface area (Å²) in [6, 6.07) is 0. The van der Waals surface area contributed by atoms with Crippen LogP contribution in [-0.4, -0.2) is 44.5 Å². The Bertz CT molecular complexity index is 263. The molecule has 15 heavy (non-hydrogen) atoms. The van der Waals surface area contributed by atoms with Crippen LogP contribution < -0.4 is 0 Å². The van der Waals surface area contributed by atoms with Crippen molar-refractivity contribution >= 4 is 21.9 Å². The molecule has 0 saturated heterocycles. The maximum absolute atomic E-state index is 11.3. The van der Waals surface area contributed by atoms with Gasteiger partial charge in [0.15, 0.2) is 10.6 Å². The Morgan fingerprint density at radius 3 is 2.40 bits per heavy atom. The molecule has 0 rings (SSSR count). The molecule has 0 aromatic heterocycles. The average molecular weight is 282 g/mol. The molecule has 7 nitrogen and oxygen atoms in total. The molecule has 0 aromatic carbocycles. The van der Waals surface area contributed by atoms with Crippen LogP contribution in [0.5, 0.6) is 0 Å². The second-order valence-electron chi connectivity index (χ2n) is 2.49. The average Bonchev–Trinajstić information content (AvgIpc) is 2.29. The molecule has 1 unspecified atom stereocenters. The van der Waals surface area contributed by atoms with Crippen molar-refractivity contribution in [3.05, 3.63) is 10.4 Å². The van der Waals surface area contributed by atoms with Crippen molar-refractivity contribution in [2.24, 2.45) is 5.11 Å². The van der Waals surface area contributed by atoms with E-state index in [2.05, 4.69) is 30.7 Å². The highest BCUT2D eigenvalue weighted by Gasteiger charge is 2.42. The van der Waals surface area contributed by atoms with Gasteiger partial charge in [0.05, 0.1) is 13.7 Å². The lowest BCUT2D eigenvalue weighted by Gasteiger charge is -2.32. The summed E-state index contributed by atoms with van der Waals surface area (Å²) in [4.78, 5) is 13.0. The Morgan fingerprint density at radius 2 is 2.07 bits per heavy atom. The fraction of sp³-hybridized carbons (Fsp3) is 0.857. The van der Waals surface area contributed by atoms with E-state index in [0.717, 1.165) is 0 Å². The van der Waals surface area contributed by atoms with E-state index in [0.29, 0.717) is 0 Å². The highest BCUT2D eigenvalue weighted by Crippen LogP contribution is 2.25. The lowest BCUT2D eigenvalue weighted by atomic mass is 10.2. The van der Waals surface area contributed by atoms with Gasteiger partial charge in [-0.1, -0.05) is 21.0 Å². The molecule has 0 saturated carbocycles. The van der Waals surface area contributed by atoms with Gasteiger partial charge in [0.2, 0.25) is 0 Å². The van der Waals surface area contributed by atoms with E-state index in [-0.39, 0.29) is 6.54 Å². The van der Waals surface area contributed by atoms with Crippen LogP contribution in [-0.2, 0) is 19.0 Å². The SMILES string of the molecule is COC(=O)C(Br)C(CN=[N+]=[N-])(OC)OC. The summed E-state index contributed by atoms with van der Waals surface area (Å²) in [5, 5.41) is 3.32. The number of carbonyl (C=O) groups excluding carboxylic acids is 1. The number of carbonyl (C=O) groups is 1. The van der Waals surface area contributed by atoms with Gasteiger partial charge in [-0.2, -0.15) is 0 Å². The highest BCUT2D eigenvalue weighted by atomic mass is 79.9. The monoisotopic (exact) mass is 281 g/mol. The first-order chi connectivity index (χ1) is 7.07. The van der Waals surface area contributed by atoms with E-state index >= 15 is 0 Å². The number of hydrogen-bond acceptors (Lipinski definition) is 5. The Morgan fingerprint density at radius 1 is 1.53 bits per heavy atom. The molecule has 0 aliphatic rings. The molecular weight excluding hydrogens is 270 g/mol. The standard InChI is InChI=1S/C7H12BrN3O4/c1-13-6(12)5(8)7(14-2,15-3)4-10-11-9/h5H,4H2,1-3H3. The zero-order valence-corrected chi connectivity index (χ0v) is 10.2. The predicted molar refractivity (Wildman–Crippen MR) is 55.5 cm³/mol. The van der Waals surface area contributed by atoms with Gasteiger partial charge in [0.1, 0.15) is 0 Å². The van der Waals surface area contributed by atoms with Crippen molar-refractivity contribution in [1.29, 1.82) is 0 Å². The summed E-state index contributed by atoms with van der Waals surface area (Å²) < 4.78 is 14.6. The molecule has 0 aliphatic carbocycles. The molecule has 8 heteroatoms. The minimum absolute atomic E-state index is 0.151. The van der Waals surface area contributed by atoms with Crippen molar-refractivity contribution in [1.82, 2.24) is 0 Å². The topological polar surface area (TPSA) is 93.5 Å². The smallest absolute Gasteiger partial charge is 0.325 e. The molecule has 0 bridgehead atoms. The second-order valence-corrected chi connectivity index (χ2v) is 3.41. The van der Waals surface area contributed by atoms with Crippen LogP contribution in [0.4, 0.5) is 0 Å². The van der Waals surface area contributed by atoms with Crippen LogP contribution in [0.25, 0.3) is 10.4 Å². The van der Waals surface area contributed by atoms with Gasteiger partial charge in [-0.05, 0) is 5.53 Å². The lowest BCUT2D eigenvalue weighted by Crippen LogP contribution is -2.49. The zero-order valence-electron chi connectivity index (χ0n) is 8.64. The van der Waals surface area contributed by atoms with Gasteiger partial charge in [0.25, 0.3) is 0 Å². The van der Waals surface area contributed by atoms with Gasteiger partial charge < -0.3 is 14.2 Å². The molecule has 0 aromatic rings. The zero-order chi connectivity index (χ0) is 11.9. The summed E-state index contributed by atoms with van der Waals surface area (Å²) in [5.74, 6) is -1.94. The van der Waals surface area contributed by atoms with E-state index in [1.165, 1.54) is 21.3 Å². The van der Waals surface area contributed by atoms with Gasteiger partial charge in [-0.25, -0.2) is 0 Å². The minimum Gasteiger partial charge on any atom is -0.468 e. The number of alkyl halides is 1. The number of nitrogens with zero attached hydrogens (tertiary/aromatic N) is 3. The van der Waals surface area contributed by atoms with E-state index in [4.69, 9.17) is 15.0 Å². The van der Waals surface area contributed by atoms with Crippen LogP contribution in [0.2, 0.25) is 0 Å². The van der Waals surface area contributed by atoms with Crippen molar-refractivity contribution in [3.8, 4) is 0 Å². The molecule has 0 radical (unpaired) electrons. The van der Waals surface area contributed by atoms with Crippen molar-refractivity contribution in [2.45, 2.75) is 10.6 Å². The molecule has 86 valence electrons. The van der Waals surface area contributed by atoms with Crippen LogP contribution in [0.1, 0.15) is 0 Å². The van der Waals surface area contributed by atoms with Crippen LogP contribution in [0.15, 0.2) is 5.11 Å². The van der Waals surface area contributed by atoms with Crippen molar-refractivity contribution in [3.63, 3.8) is 0 Å². The molecule has 0 heterocycles. The van der Waals surface area contributed by atoms with Gasteiger partial charge >= 0.3 is 5.97 Å². The normalized spacial score (nSPS) is 12.8. The van der Waals surface area contributed by atoms with Crippen LogP contribution >= 0.6 is 15.9 Å². The first-order valence-electron chi connectivity index (χ1n) is 3.91. The fourth-order valence-electron chi connectivity index (χ4n) is 0.913. The van der Waals surface area contributed by atoms with Gasteiger partial charge in [-0.3, -0.25) is 4.79 Å². The molecule has 0 fully saturated rings. The van der Waals surface area contributed by atoms with E-state index < -0.39 is 16.6 Å². The van der Waals surface area contributed by atoms with Crippen molar-refractivity contribution < 1.29 is 19.0 Å². The maximum Gasteiger partial charge on any atom is 0.325 e. The lowest BCUT2D eigenvalue weighted by molar-refractivity contribution is -0.204. The Balaban J connectivity index is 4.89. The van der Waals surface area contributed by atoms with E-state index in [1.54, 1.807) is 0 Å². The third-order valence-electron chi connectivity index (χ3n) is 1.84. The summed E-state index contributed by atoms with van der Waals surface area (Å²) >= 11 is 3.07. The largest absolute Gasteiger partial charge is 0.468 e. The summed E-state index contributed by atoms with van der Waals surface area (Å²) in [5.41, 5.74) is 8.21. The summed E-state index contributed by atoms with van der Waals surface area (Å²) in [6.45, 7) is -0.151. The predicted octanol–water partition coefficient (Wildman–Crippen LogP) is 1.22. The summed E-state index contributed by atoms with van der Waals surface area (Å²) in [7, 11) is 3.92. The highest BCUT2D eigenvalue weighted by molar-refractivity contribution is 9.10. The Labute approximate surface area is 95.4 Å². The van der Waals surface area contributed by atoms with Crippen LogP contribution in [0.3, 0.4) is 0 Å². The van der Waals surface area contributed by atoms with Gasteiger partial charge in [-0.15, -0.1) is 0 Å². The molecule has 1 atom stereocenters. The molecular formula is C7H12BrN3O4. The number of halogens is 1. The third-order valence-corrected chi connectivity index (χ3v) is 2.91. The maximum atomic E-state index is 11.3. The molecule has 0 aliphatic heterocycles.